The van der Waals surface area contributed by atoms with Crippen molar-refractivity contribution >= 4 is 23.2 Å². The predicted molar refractivity (Wildman–Crippen MR) is 84.2 cm³/mol. The number of carbonyl (C=O) groups excluding carboxylic acids is 1. The number of rotatable bonds is 5. The maximum absolute atomic E-state index is 12.0. The molecule has 1 amide bonds. The molecule has 2 rings (SSSR count). The van der Waals surface area contributed by atoms with Crippen molar-refractivity contribution < 1.29 is 14.7 Å². The van der Waals surface area contributed by atoms with Crippen LogP contribution in [0.5, 0.6) is 0 Å². The van der Waals surface area contributed by atoms with E-state index in [-0.39, 0.29) is 29.2 Å². The van der Waals surface area contributed by atoms with Crippen LogP contribution in [0.4, 0.5) is 0 Å². The third kappa shape index (κ3) is 3.97. The minimum Gasteiger partial charge on any atom is -0.481 e. The molecule has 0 aromatic carbocycles. The first kappa shape index (κ1) is 16.7. The van der Waals surface area contributed by atoms with Crippen molar-refractivity contribution in [3.63, 3.8) is 0 Å². The number of hydrogen-bond donors (Lipinski definition) is 2. The zero-order chi connectivity index (χ0) is 16.3. The maximum atomic E-state index is 12.0. The molecule has 122 valence electrons. The van der Waals surface area contributed by atoms with Crippen molar-refractivity contribution in [3.05, 3.63) is 20.2 Å². The Kier molecular flexibility index (Phi) is 5.39. The van der Waals surface area contributed by atoms with Gasteiger partial charge in [-0.2, -0.15) is 0 Å². The summed E-state index contributed by atoms with van der Waals surface area (Å²) in [5, 5.41) is 11.9. The molecule has 0 aliphatic heterocycles. The van der Waals surface area contributed by atoms with Gasteiger partial charge in [0.15, 0.2) is 0 Å². The van der Waals surface area contributed by atoms with Gasteiger partial charge in [0.25, 0.3) is 0 Å². The third-order valence-electron chi connectivity index (χ3n) is 4.38. The van der Waals surface area contributed by atoms with E-state index in [1.807, 2.05) is 13.8 Å². The van der Waals surface area contributed by atoms with Gasteiger partial charge in [-0.05, 0) is 39.5 Å². The van der Waals surface area contributed by atoms with Crippen LogP contribution in [0, 0.1) is 19.8 Å². The second-order valence-corrected chi connectivity index (χ2v) is 7.03. The van der Waals surface area contributed by atoms with Gasteiger partial charge in [0.2, 0.25) is 5.91 Å². The van der Waals surface area contributed by atoms with Gasteiger partial charge >= 0.3 is 10.8 Å². The molecule has 0 unspecified atom stereocenters. The second-order valence-electron chi connectivity index (χ2n) is 5.87. The largest absolute Gasteiger partial charge is 0.481 e. The van der Waals surface area contributed by atoms with Crippen molar-refractivity contribution in [3.8, 4) is 0 Å². The Morgan fingerprint density at radius 2 is 1.91 bits per heavy atom. The van der Waals surface area contributed by atoms with Crippen LogP contribution >= 0.6 is 11.3 Å². The number of amides is 1. The van der Waals surface area contributed by atoms with Crippen LogP contribution < -0.4 is 10.2 Å². The van der Waals surface area contributed by atoms with Gasteiger partial charge in [-0.15, -0.1) is 0 Å². The number of carboxylic acid groups (broad SMARTS) is 1. The number of aliphatic carboxylic acids is 1. The topological polar surface area (TPSA) is 88.4 Å². The van der Waals surface area contributed by atoms with Crippen molar-refractivity contribution in [2.75, 3.05) is 0 Å². The lowest BCUT2D eigenvalue weighted by Crippen LogP contribution is -2.39. The number of aromatic nitrogens is 1. The number of thiazole rings is 1. The van der Waals surface area contributed by atoms with E-state index in [1.165, 1.54) is 11.3 Å². The summed E-state index contributed by atoms with van der Waals surface area (Å²) in [6.07, 6.45) is 2.92. The van der Waals surface area contributed by atoms with E-state index in [0.29, 0.717) is 32.2 Å². The number of carboxylic acids is 1. The van der Waals surface area contributed by atoms with E-state index in [0.717, 1.165) is 10.6 Å². The van der Waals surface area contributed by atoms with Gasteiger partial charge in [0.1, 0.15) is 0 Å². The minimum atomic E-state index is -0.743. The van der Waals surface area contributed by atoms with E-state index in [1.54, 1.807) is 4.57 Å². The van der Waals surface area contributed by atoms with Gasteiger partial charge in [-0.25, -0.2) is 0 Å². The Morgan fingerprint density at radius 3 is 2.41 bits per heavy atom. The Bertz CT molecular complexity index is 612. The average Bonchev–Trinajstić information content (AvgIpc) is 2.70. The Hall–Kier alpha value is -1.63. The first-order valence-electron chi connectivity index (χ1n) is 7.57. The van der Waals surface area contributed by atoms with E-state index < -0.39 is 5.97 Å². The number of hydrogen-bond acceptors (Lipinski definition) is 4. The monoisotopic (exact) mass is 326 g/mol. The molecule has 0 spiro atoms. The van der Waals surface area contributed by atoms with Gasteiger partial charge in [0.05, 0.1) is 5.92 Å². The Morgan fingerprint density at radius 1 is 1.27 bits per heavy atom. The van der Waals surface area contributed by atoms with Gasteiger partial charge in [-0.3, -0.25) is 14.4 Å². The zero-order valence-electron chi connectivity index (χ0n) is 12.9. The summed E-state index contributed by atoms with van der Waals surface area (Å²) < 4.78 is 1.64. The third-order valence-corrected chi connectivity index (χ3v) is 5.38. The molecule has 1 saturated carbocycles. The van der Waals surface area contributed by atoms with Crippen LogP contribution in [-0.2, 0) is 16.1 Å². The molecule has 7 heteroatoms. The SMILES string of the molecule is Cc1sc(=O)n(CCC(=O)NC2CCC(C(=O)O)CC2)c1C. The maximum Gasteiger partial charge on any atom is 0.307 e. The van der Waals surface area contributed by atoms with Crippen LogP contribution in [0.15, 0.2) is 4.79 Å². The summed E-state index contributed by atoms with van der Waals surface area (Å²) in [6, 6.07) is 0.0603. The molecular weight excluding hydrogens is 304 g/mol. The number of nitrogens with zero attached hydrogens (tertiary/aromatic N) is 1. The smallest absolute Gasteiger partial charge is 0.307 e. The molecule has 0 atom stereocenters. The van der Waals surface area contributed by atoms with Crippen molar-refractivity contribution in [2.45, 2.75) is 58.5 Å². The second kappa shape index (κ2) is 7.09. The number of aryl methyl sites for hydroxylation is 1. The summed E-state index contributed by atoms with van der Waals surface area (Å²) in [7, 11) is 0. The molecule has 1 aliphatic rings. The van der Waals surface area contributed by atoms with Crippen LogP contribution in [0.2, 0.25) is 0 Å². The normalized spacial score (nSPS) is 21.5. The van der Waals surface area contributed by atoms with Crippen LogP contribution in [0.1, 0.15) is 42.7 Å². The molecule has 1 aromatic heterocycles. The average molecular weight is 326 g/mol. The number of carbonyl (C=O) groups is 2. The highest BCUT2D eigenvalue weighted by Gasteiger charge is 2.26. The van der Waals surface area contributed by atoms with Crippen LogP contribution in [0.25, 0.3) is 0 Å². The molecule has 0 bridgehead atoms. The zero-order valence-corrected chi connectivity index (χ0v) is 13.7. The van der Waals surface area contributed by atoms with Crippen LogP contribution in [0.3, 0.4) is 0 Å². The van der Waals surface area contributed by atoms with E-state index in [2.05, 4.69) is 5.32 Å². The van der Waals surface area contributed by atoms with Crippen molar-refractivity contribution in [1.82, 2.24) is 9.88 Å². The van der Waals surface area contributed by atoms with Gasteiger partial charge < -0.3 is 15.0 Å². The number of nitrogens with one attached hydrogen (secondary N) is 1. The van der Waals surface area contributed by atoms with E-state index >= 15 is 0 Å². The highest BCUT2D eigenvalue weighted by atomic mass is 32.1. The highest BCUT2D eigenvalue weighted by Crippen LogP contribution is 2.24. The van der Waals surface area contributed by atoms with E-state index in [4.69, 9.17) is 5.11 Å². The summed E-state index contributed by atoms with van der Waals surface area (Å²) in [6.45, 7) is 4.18. The molecular formula is C15H22N2O4S. The van der Waals surface area contributed by atoms with Crippen LogP contribution in [-0.4, -0.2) is 27.6 Å². The fourth-order valence-electron chi connectivity index (χ4n) is 2.84. The lowest BCUT2D eigenvalue weighted by atomic mass is 9.86. The molecule has 0 radical (unpaired) electrons. The summed E-state index contributed by atoms with van der Waals surface area (Å²) >= 11 is 1.21. The molecule has 1 fully saturated rings. The first-order valence-corrected chi connectivity index (χ1v) is 8.39. The molecule has 1 aliphatic carbocycles. The molecule has 0 saturated heterocycles. The standard InChI is InChI=1S/C15H22N2O4S/c1-9-10(2)22-15(21)17(9)8-7-13(18)16-12-5-3-11(4-6-12)14(19)20/h11-12H,3-8H2,1-2H3,(H,16,18)(H,19,20). The molecule has 1 heterocycles. The predicted octanol–water partition coefficient (Wildman–Crippen LogP) is 1.68. The quantitative estimate of drug-likeness (QED) is 0.861. The summed E-state index contributed by atoms with van der Waals surface area (Å²) in [4.78, 5) is 35.6. The summed E-state index contributed by atoms with van der Waals surface area (Å²) in [5.74, 6) is -1.09. The molecule has 6 nitrogen and oxygen atoms in total. The minimum absolute atomic E-state index is 0.0234. The van der Waals surface area contributed by atoms with Crippen molar-refractivity contribution in [1.29, 1.82) is 0 Å². The highest BCUT2D eigenvalue weighted by molar-refractivity contribution is 7.09. The van der Waals surface area contributed by atoms with Gasteiger partial charge in [0, 0.05) is 29.6 Å². The van der Waals surface area contributed by atoms with E-state index in [9.17, 15) is 14.4 Å². The first-order chi connectivity index (χ1) is 10.4. The Labute approximate surface area is 133 Å². The fraction of sp³-hybridized carbons (Fsp3) is 0.667. The summed E-state index contributed by atoms with van der Waals surface area (Å²) in [5.41, 5.74) is 0.921. The van der Waals surface area contributed by atoms with Gasteiger partial charge in [-0.1, -0.05) is 11.3 Å². The molecule has 2 N–H and O–H groups in total. The lowest BCUT2D eigenvalue weighted by Gasteiger charge is -2.26. The molecule has 1 aromatic rings. The fourth-order valence-corrected chi connectivity index (χ4v) is 3.70. The molecule has 22 heavy (non-hydrogen) atoms. The Balaban J connectivity index is 1.79. The van der Waals surface area contributed by atoms with Crippen molar-refractivity contribution in [2.24, 2.45) is 5.92 Å². The lowest BCUT2D eigenvalue weighted by molar-refractivity contribution is -0.142.